The summed E-state index contributed by atoms with van der Waals surface area (Å²) < 4.78 is 10.6. The normalized spacial score (nSPS) is 11.8. The Morgan fingerprint density at radius 2 is 1.66 bits per heavy atom. The highest BCUT2D eigenvalue weighted by Gasteiger charge is 2.17. The molecule has 0 aliphatic carbocycles. The summed E-state index contributed by atoms with van der Waals surface area (Å²) in [6.07, 6.45) is 0.235. The molecule has 0 radical (unpaired) electrons. The third-order valence-electron chi connectivity index (χ3n) is 4.56. The van der Waals surface area contributed by atoms with E-state index in [1.165, 1.54) is 0 Å². The molecule has 0 fully saturated rings. The Bertz CT molecular complexity index is 1060. The van der Waals surface area contributed by atoms with Gasteiger partial charge < -0.3 is 20.1 Å². The molecule has 3 aromatic rings. The quantitative estimate of drug-likeness (QED) is 0.688. The lowest BCUT2D eigenvalue weighted by molar-refractivity contribution is -0.115. The van der Waals surface area contributed by atoms with Crippen LogP contribution in [-0.4, -0.2) is 18.6 Å². The smallest absolute Gasteiger partial charge is 0.257 e. The molecule has 29 heavy (non-hydrogen) atoms. The first-order valence-electron chi connectivity index (χ1n) is 9.24. The number of para-hydroxylation sites is 1. The third-order valence-corrected chi connectivity index (χ3v) is 4.56. The predicted molar refractivity (Wildman–Crippen MR) is 110 cm³/mol. The average Bonchev–Trinajstić information content (AvgIpc) is 3.18. The van der Waals surface area contributed by atoms with Gasteiger partial charge in [0.05, 0.1) is 17.7 Å². The molecule has 146 valence electrons. The molecule has 3 aromatic carbocycles. The Morgan fingerprint density at radius 3 is 2.48 bits per heavy atom. The van der Waals surface area contributed by atoms with Gasteiger partial charge in [-0.2, -0.15) is 0 Å². The van der Waals surface area contributed by atoms with E-state index in [2.05, 4.69) is 10.6 Å². The minimum Gasteiger partial charge on any atom is -0.454 e. The van der Waals surface area contributed by atoms with E-state index in [0.717, 1.165) is 11.1 Å². The van der Waals surface area contributed by atoms with Crippen LogP contribution in [0.4, 0.5) is 11.4 Å². The number of hydrogen-bond donors (Lipinski definition) is 2. The number of hydrogen-bond acceptors (Lipinski definition) is 4. The predicted octanol–water partition coefficient (Wildman–Crippen LogP) is 4.16. The fourth-order valence-corrected chi connectivity index (χ4v) is 3.05. The van der Waals surface area contributed by atoms with Crippen LogP contribution in [0.2, 0.25) is 0 Å². The number of carbonyl (C=O) groups is 2. The van der Waals surface area contributed by atoms with Crippen LogP contribution in [0, 0.1) is 6.92 Å². The first-order chi connectivity index (χ1) is 14.1. The Morgan fingerprint density at radius 1 is 0.897 bits per heavy atom. The van der Waals surface area contributed by atoms with Gasteiger partial charge in [-0.3, -0.25) is 9.59 Å². The van der Waals surface area contributed by atoms with Crippen LogP contribution in [0.25, 0.3) is 0 Å². The first-order valence-corrected chi connectivity index (χ1v) is 9.24. The van der Waals surface area contributed by atoms with Crippen molar-refractivity contribution in [3.05, 3.63) is 83.4 Å². The zero-order valence-corrected chi connectivity index (χ0v) is 15.9. The topological polar surface area (TPSA) is 76.7 Å². The molecule has 0 bridgehead atoms. The molecular formula is C23H20N2O4. The van der Waals surface area contributed by atoms with Gasteiger partial charge in [-0.25, -0.2) is 0 Å². The van der Waals surface area contributed by atoms with E-state index in [4.69, 9.17) is 9.47 Å². The lowest BCUT2D eigenvalue weighted by atomic mass is 10.1. The molecule has 0 spiro atoms. The van der Waals surface area contributed by atoms with Crippen LogP contribution in [0.15, 0.2) is 66.7 Å². The second-order valence-corrected chi connectivity index (χ2v) is 6.78. The molecule has 6 heteroatoms. The van der Waals surface area contributed by atoms with Crippen molar-refractivity contribution in [2.24, 2.45) is 0 Å². The highest BCUT2D eigenvalue weighted by atomic mass is 16.7. The van der Waals surface area contributed by atoms with Gasteiger partial charge in [-0.1, -0.05) is 42.0 Å². The third kappa shape index (κ3) is 4.38. The summed E-state index contributed by atoms with van der Waals surface area (Å²) in [5.41, 5.74) is 3.47. The van der Waals surface area contributed by atoms with Crippen LogP contribution in [0.1, 0.15) is 21.5 Å². The summed E-state index contributed by atoms with van der Waals surface area (Å²) in [6, 6.07) is 19.9. The summed E-state index contributed by atoms with van der Waals surface area (Å²) in [5.74, 6) is 0.724. The summed E-state index contributed by atoms with van der Waals surface area (Å²) in [7, 11) is 0. The molecular weight excluding hydrogens is 368 g/mol. The second-order valence-electron chi connectivity index (χ2n) is 6.78. The van der Waals surface area contributed by atoms with Gasteiger partial charge in [0.1, 0.15) is 0 Å². The number of fused-ring (bicyclic) bond motifs is 1. The van der Waals surface area contributed by atoms with E-state index in [1.54, 1.807) is 42.5 Å². The minimum atomic E-state index is -0.324. The van der Waals surface area contributed by atoms with Gasteiger partial charge in [-0.15, -0.1) is 0 Å². The molecule has 2 amide bonds. The standard InChI is InChI=1S/C23H20N2O4/c1-15-6-8-16(9-7-15)12-22(26)25-19-5-3-2-4-18(19)23(27)24-17-10-11-20-21(13-17)29-14-28-20/h2-11,13H,12,14H2,1H3,(H,24,27)(H,25,26). The van der Waals surface area contributed by atoms with Crippen LogP contribution in [0.5, 0.6) is 11.5 Å². The molecule has 0 aromatic heterocycles. The van der Waals surface area contributed by atoms with Gasteiger partial charge in [0.25, 0.3) is 5.91 Å². The fourth-order valence-electron chi connectivity index (χ4n) is 3.05. The molecule has 0 atom stereocenters. The highest BCUT2D eigenvalue weighted by molar-refractivity contribution is 6.10. The molecule has 0 saturated heterocycles. The number of rotatable bonds is 5. The van der Waals surface area contributed by atoms with E-state index in [1.807, 2.05) is 31.2 Å². The summed E-state index contributed by atoms with van der Waals surface area (Å²) in [4.78, 5) is 25.2. The van der Waals surface area contributed by atoms with Crippen molar-refractivity contribution in [3.8, 4) is 11.5 Å². The number of aryl methyl sites for hydroxylation is 1. The zero-order valence-electron chi connectivity index (χ0n) is 15.9. The lowest BCUT2D eigenvalue weighted by Gasteiger charge is -2.12. The van der Waals surface area contributed by atoms with Crippen LogP contribution in [0.3, 0.4) is 0 Å². The van der Waals surface area contributed by atoms with Crippen molar-refractivity contribution in [1.82, 2.24) is 0 Å². The Labute approximate surface area is 168 Å². The van der Waals surface area contributed by atoms with E-state index >= 15 is 0 Å². The number of anilines is 2. The molecule has 2 N–H and O–H groups in total. The maximum absolute atomic E-state index is 12.8. The van der Waals surface area contributed by atoms with Crippen molar-refractivity contribution < 1.29 is 19.1 Å². The Kier molecular flexibility index (Phi) is 5.16. The molecule has 1 aliphatic heterocycles. The number of amides is 2. The molecule has 1 heterocycles. The van der Waals surface area contributed by atoms with Gasteiger partial charge in [0.2, 0.25) is 12.7 Å². The number of benzene rings is 3. The monoisotopic (exact) mass is 388 g/mol. The van der Waals surface area contributed by atoms with E-state index < -0.39 is 0 Å². The van der Waals surface area contributed by atoms with Crippen LogP contribution < -0.4 is 20.1 Å². The highest BCUT2D eigenvalue weighted by Crippen LogP contribution is 2.34. The molecule has 0 unspecified atom stereocenters. The zero-order chi connectivity index (χ0) is 20.2. The Hall–Kier alpha value is -3.80. The fraction of sp³-hybridized carbons (Fsp3) is 0.130. The molecule has 6 nitrogen and oxygen atoms in total. The number of carbonyl (C=O) groups excluding carboxylic acids is 2. The SMILES string of the molecule is Cc1ccc(CC(=O)Nc2ccccc2C(=O)Nc2ccc3c(c2)OCO3)cc1. The van der Waals surface area contributed by atoms with Gasteiger partial charge >= 0.3 is 0 Å². The maximum Gasteiger partial charge on any atom is 0.257 e. The van der Waals surface area contributed by atoms with Crippen LogP contribution in [-0.2, 0) is 11.2 Å². The van der Waals surface area contributed by atoms with Gasteiger partial charge in [0.15, 0.2) is 11.5 Å². The van der Waals surface area contributed by atoms with E-state index in [-0.39, 0.29) is 25.0 Å². The van der Waals surface area contributed by atoms with Crippen molar-refractivity contribution in [1.29, 1.82) is 0 Å². The summed E-state index contributed by atoms with van der Waals surface area (Å²) >= 11 is 0. The largest absolute Gasteiger partial charge is 0.454 e. The van der Waals surface area contributed by atoms with Crippen molar-refractivity contribution in [2.75, 3.05) is 17.4 Å². The average molecular weight is 388 g/mol. The summed E-state index contributed by atoms with van der Waals surface area (Å²) in [6.45, 7) is 2.17. The van der Waals surface area contributed by atoms with Gasteiger partial charge in [-0.05, 0) is 36.8 Å². The van der Waals surface area contributed by atoms with Gasteiger partial charge in [0, 0.05) is 11.8 Å². The summed E-state index contributed by atoms with van der Waals surface area (Å²) in [5, 5.41) is 5.67. The molecule has 4 rings (SSSR count). The van der Waals surface area contributed by atoms with Crippen LogP contribution >= 0.6 is 0 Å². The number of nitrogens with one attached hydrogen (secondary N) is 2. The van der Waals surface area contributed by atoms with Crippen molar-refractivity contribution in [3.63, 3.8) is 0 Å². The maximum atomic E-state index is 12.8. The first kappa shape index (κ1) is 18.6. The van der Waals surface area contributed by atoms with Crippen molar-refractivity contribution in [2.45, 2.75) is 13.3 Å². The number of ether oxygens (including phenoxy) is 2. The molecule has 1 aliphatic rings. The van der Waals surface area contributed by atoms with E-state index in [0.29, 0.717) is 28.4 Å². The van der Waals surface area contributed by atoms with E-state index in [9.17, 15) is 9.59 Å². The lowest BCUT2D eigenvalue weighted by Crippen LogP contribution is -2.19. The molecule has 0 saturated carbocycles. The van der Waals surface area contributed by atoms with Crippen molar-refractivity contribution >= 4 is 23.2 Å². The minimum absolute atomic E-state index is 0.169. The second kappa shape index (κ2) is 8.06. The Balaban J connectivity index is 1.46.